The lowest BCUT2D eigenvalue weighted by Gasteiger charge is -2.34. The molecule has 1 saturated heterocycles. The molecule has 7 nitrogen and oxygen atoms in total. The number of imide groups is 2. The fraction of sp³-hybridized carbons (Fsp3) is 0.500. The lowest BCUT2D eigenvalue weighted by Crippen LogP contribution is -2.46. The van der Waals surface area contributed by atoms with Gasteiger partial charge in [0, 0.05) is 11.7 Å². The van der Waals surface area contributed by atoms with Crippen molar-refractivity contribution in [2.75, 3.05) is 11.9 Å². The minimum atomic E-state index is -0.922. The predicted molar refractivity (Wildman–Crippen MR) is 99.8 cm³/mol. The van der Waals surface area contributed by atoms with E-state index in [4.69, 9.17) is 0 Å². The van der Waals surface area contributed by atoms with Crippen molar-refractivity contribution in [1.82, 2.24) is 9.80 Å². The highest BCUT2D eigenvalue weighted by atomic mass is 16.2. The van der Waals surface area contributed by atoms with Crippen molar-refractivity contribution in [3.63, 3.8) is 0 Å². The summed E-state index contributed by atoms with van der Waals surface area (Å²) < 4.78 is 0. The summed E-state index contributed by atoms with van der Waals surface area (Å²) in [5.74, 6) is -2.09. The monoisotopic (exact) mass is 371 g/mol. The van der Waals surface area contributed by atoms with Crippen LogP contribution in [0.2, 0.25) is 0 Å². The highest BCUT2D eigenvalue weighted by Gasteiger charge is 2.49. The molecule has 1 aliphatic carbocycles. The zero-order chi connectivity index (χ0) is 19.6. The van der Waals surface area contributed by atoms with E-state index in [2.05, 4.69) is 5.32 Å². The maximum atomic E-state index is 12.7. The average molecular weight is 371 g/mol. The molecule has 144 valence electrons. The van der Waals surface area contributed by atoms with Crippen LogP contribution in [0.3, 0.4) is 0 Å². The van der Waals surface area contributed by atoms with E-state index >= 15 is 0 Å². The standard InChI is InChI=1S/C20H25N3O4/c1-3-14-8-10-15(11-9-14)21-17(24)12-22-18(25)19(26)23(20(22)27)16-7-5-4-6-13(16)2/h8-11,13,16H,3-7,12H2,1-2H3,(H,21,24)/t13-,16+/m0/s1. The Morgan fingerprint density at radius 3 is 2.37 bits per heavy atom. The van der Waals surface area contributed by atoms with Gasteiger partial charge < -0.3 is 5.32 Å². The summed E-state index contributed by atoms with van der Waals surface area (Å²) in [5, 5.41) is 2.66. The van der Waals surface area contributed by atoms with E-state index in [1.807, 2.05) is 26.0 Å². The van der Waals surface area contributed by atoms with Crippen LogP contribution in [-0.4, -0.2) is 46.1 Å². The average Bonchev–Trinajstić information content (AvgIpc) is 2.86. The quantitative estimate of drug-likeness (QED) is 0.637. The van der Waals surface area contributed by atoms with Gasteiger partial charge in [-0.3, -0.25) is 19.3 Å². The molecule has 0 bridgehead atoms. The molecule has 1 aromatic rings. The molecule has 2 aliphatic rings. The van der Waals surface area contributed by atoms with Gasteiger partial charge in [-0.25, -0.2) is 9.69 Å². The molecule has 1 heterocycles. The summed E-state index contributed by atoms with van der Waals surface area (Å²) in [6.07, 6.45) is 4.50. The highest BCUT2D eigenvalue weighted by Crippen LogP contribution is 2.31. The molecule has 1 aliphatic heterocycles. The molecule has 0 radical (unpaired) electrons. The third-order valence-electron chi connectivity index (χ3n) is 5.43. The summed E-state index contributed by atoms with van der Waals surface area (Å²) in [6, 6.07) is 6.39. The number of amides is 5. The molecule has 1 aromatic carbocycles. The predicted octanol–water partition coefficient (Wildman–Crippen LogP) is 2.56. The molecule has 5 amide bonds. The van der Waals surface area contributed by atoms with E-state index in [1.165, 1.54) is 0 Å². The number of hydrogen-bond acceptors (Lipinski definition) is 4. The molecule has 2 atom stereocenters. The van der Waals surface area contributed by atoms with Crippen molar-refractivity contribution in [3.8, 4) is 0 Å². The van der Waals surface area contributed by atoms with Crippen molar-refractivity contribution >= 4 is 29.4 Å². The third kappa shape index (κ3) is 3.86. The van der Waals surface area contributed by atoms with Crippen LogP contribution in [0.4, 0.5) is 10.5 Å². The number of nitrogens with zero attached hydrogens (tertiary/aromatic N) is 2. The van der Waals surface area contributed by atoms with E-state index in [9.17, 15) is 19.2 Å². The number of carbonyl (C=O) groups excluding carboxylic acids is 4. The number of hydrogen-bond donors (Lipinski definition) is 1. The Hall–Kier alpha value is -2.70. The number of anilines is 1. The van der Waals surface area contributed by atoms with Crippen LogP contribution in [0.1, 0.15) is 45.1 Å². The Labute approximate surface area is 158 Å². The fourth-order valence-corrected chi connectivity index (χ4v) is 3.80. The van der Waals surface area contributed by atoms with Crippen LogP contribution >= 0.6 is 0 Å². The van der Waals surface area contributed by atoms with Gasteiger partial charge in [0.25, 0.3) is 0 Å². The van der Waals surface area contributed by atoms with Crippen LogP contribution in [-0.2, 0) is 20.8 Å². The molecule has 0 aromatic heterocycles. The molecule has 3 rings (SSSR count). The van der Waals surface area contributed by atoms with Gasteiger partial charge in [0.05, 0.1) is 0 Å². The summed E-state index contributed by atoms with van der Waals surface area (Å²) >= 11 is 0. The number of nitrogens with one attached hydrogen (secondary N) is 1. The molecular formula is C20H25N3O4. The molecular weight excluding hydrogens is 346 g/mol. The third-order valence-corrected chi connectivity index (χ3v) is 5.43. The van der Waals surface area contributed by atoms with Crippen molar-refractivity contribution in [2.45, 2.75) is 52.0 Å². The normalized spacial score (nSPS) is 23.1. The second kappa shape index (κ2) is 7.90. The van der Waals surface area contributed by atoms with E-state index < -0.39 is 30.3 Å². The number of benzene rings is 1. The van der Waals surface area contributed by atoms with Crippen LogP contribution < -0.4 is 5.32 Å². The Balaban J connectivity index is 1.67. The lowest BCUT2D eigenvalue weighted by atomic mass is 9.85. The van der Waals surface area contributed by atoms with Gasteiger partial charge >= 0.3 is 17.8 Å². The van der Waals surface area contributed by atoms with Crippen LogP contribution in [0.5, 0.6) is 0 Å². The van der Waals surface area contributed by atoms with E-state index in [0.717, 1.165) is 41.0 Å². The summed E-state index contributed by atoms with van der Waals surface area (Å²) in [4.78, 5) is 51.4. The van der Waals surface area contributed by atoms with Gasteiger partial charge in [0.15, 0.2) is 0 Å². The molecule has 27 heavy (non-hydrogen) atoms. The number of aryl methyl sites for hydroxylation is 1. The maximum absolute atomic E-state index is 12.7. The van der Waals surface area contributed by atoms with Gasteiger partial charge in [-0.05, 0) is 42.9 Å². The lowest BCUT2D eigenvalue weighted by molar-refractivity contribution is -0.145. The Morgan fingerprint density at radius 2 is 1.74 bits per heavy atom. The number of rotatable bonds is 5. The first-order valence-electron chi connectivity index (χ1n) is 9.50. The van der Waals surface area contributed by atoms with Gasteiger partial charge in [0.2, 0.25) is 5.91 Å². The van der Waals surface area contributed by atoms with E-state index in [-0.39, 0.29) is 12.0 Å². The molecule has 2 fully saturated rings. The summed E-state index contributed by atoms with van der Waals surface area (Å²) in [7, 11) is 0. The van der Waals surface area contributed by atoms with Gasteiger partial charge in [-0.1, -0.05) is 38.8 Å². The van der Waals surface area contributed by atoms with Crippen molar-refractivity contribution < 1.29 is 19.2 Å². The summed E-state index contributed by atoms with van der Waals surface area (Å²) in [5.41, 5.74) is 1.72. The minimum Gasteiger partial charge on any atom is -0.325 e. The fourth-order valence-electron chi connectivity index (χ4n) is 3.80. The van der Waals surface area contributed by atoms with Gasteiger partial charge in [-0.15, -0.1) is 0 Å². The van der Waals surface area contributed by atoms with Crippen molar-refractivity contribution in [3.05, 3.63) is 29.8 Å². The first kappa shape index (κ1) is 19.1. The Morgan fingerprint density at radius 1 is 1.07 bits per heavy atom. The molecule has 7 heteroatoms. The zero-order valence-corrected chi connectivity index (χ0v) is 15.7. The topological polar surface area (TPSA) is 86.8 Å². The second-order valence-electron chi connectivity index (χ2n) is 7.28. The maximum Gasteiger partial charge on any atom is 0.334 e. The van der Waals surface area contributed by atoms with Gasteiger partial charge in [0.1, 0.15) is 6.54 Å². The van der Waals surface area contributed by atoms with Crippen LogP contribution in [0.25, 0.3) is 0 Å². The smallest absolute Gasteiger partial charge is 0.325 e. The minimum absolute atomic E-state index is 0.158. The first-order chi connectivity index (χ1) is 12.9. The number of carbonyl (C=O) groups is 4. The Bertz CT molecular complexity index is 759. The molecule has 0 spiro atoms. The second-order valence-corrected chi connectivity index (χ2v) is 7.28. The van der Waals surface area contributed by atoms with Gasteiger partial charge in [-0.2, -0.15) is 0 Å². The first-order valence-corrected chi connectivity index (χ1v) is 9.50. The van der Waals surface area contributed by atoms with Crippen LogP contribution in [0, 0.1) is 5.92 Å². The molecule has 1 saturated carbocycles. The summed E-state index contributed by atoms with van der Waals surface area (Å²) in [6.45, 7) is 3.56. The largest absolute Gasteiger partial charge is 0.334 e. The highest BCUT2D eigenvalue weighted by molar-refractivity contribution is 6.45. The van der Waals surface area contributed by atoms with E-state index in [0.29, 0.717) is 12.1 Å². The molecule has 1 N–H and O–H groups in total. The van der Waals surface area contributed by atoms with Crippen LogP contribution in [0.15, 0.2) is 24.3 Å². The SMILES string of the molecule is CCc1ccc(NC(=O)CN2C(=O)C(=O)N([C@@H]3CCCC[C@@H]3C)C2=O)cc1. The zero-order valence-electron chi connectivity index (χ0n) is 15.7. The van der Waals surface area contributed by atoms with Crippen molar-refractivity contribution in [2.24, 2.45) is 5.92 Å². The molecule has 0 unspecified atom stereocenters. The number of urea groups is 1. The Kier molecular flexibility index (Phi) is 5.58. The van der Waals surface area contributed by atoms with Crippen molar-refractivity contribution in [1.29, 1.82) is 0 Å². The van der Waals surface area contributed by atoms with E-state index in [1.54, 1.807) is 12.1 Å².